The number of unbranched alkanes of at least 4 members (excludes halogenated alkanes) is 20. The van der Waals surface area contributed by atoms with E-state index in [2.05, 4.69) is 31.3 Å². The van der Waals surface area contributed by atoms with E-state index in [0.717, 1.165) is 38.5 Å². The largest absolute Gasteiger partial charge is 0.472 e. The Balaban J connectivity index is 4.46. The predicted molar refractivity (Wildman–Crippen MR) is 203 cm³/mol. The van der Waals surface area contributed by atoms with Gasteiger partial charge in [0.2, 0.25) is 5.91 Å². The molecule has 0 radical (unpaired) electrons. The summed E-state index contributed by atoms with van der Waals surface area (Å²) in [6, 6.07) is -0.855. The molecule has 0 aliphatic heterocycles. The van der Waals surface area contributed by atoms with Crippen molar-refractivity contribution in [1.29, 1.82) is 0 Å². The second-order valence-corrected chi connectivity index (χ2v) is 16.1. The average molecular weight is 702 g/mol. The van der Waals surface area contributed by atoms with Crippen molar-refractivity contribution in [3.05, 3.63) is 24.3 Å². The number of likely N-dealkylation sites (N-methyl/N-ethyl adjacent to an activating group) is 1. The van der Waals surface area contributed by atoms with Crippen LogP contribution in [0.5, 0.6) is 0 Å². The van der Waals surface area contributed by atoms with E-state index >= 15 is 0 Å². The number of hydrogen-bond donors (Lipinski definition) is 3. The normalized spacial score (nSPS) is 14.9. The fraction of sp³-hybridized carbons (Fsp3) is 0.872. The summed E-state index contributed by atoms with van der Waals surface area (Å²) in [5, 5.41) is 13.7. The Hall–Kier alpha value is -1.02. The van der Waals surface area contributed by atoms with Gasteiger partial charge in [-0.3, -0.25) is 13.8 Å². The number of aliphatic hydroxyl groups is 1. The lowest BCUT2D eigenvalue weighted by Gasteiger charge is -2.25. The SMILES string of the molecule is CCCCCC/C=C/CC/C=C/C(O)C(COP(=O)(O)OCC[N+](C)(C)C)NC(=O)CCCCCCCCCCCCCCCCCC. The van der Waals surface area contributed by atoms with E-state index in [1.165, 1.54) is 109 Å². The minimum atomic E-state index is -4.33. The van der Waals surface area contributed by atoms with Gasteiger partial charge in [0.05, 0.1) is 39.9 Å². The second-order valence-electron chi connectivity index (χ2n) is 14.7. The van der Waals surface area contributed by atoms with Crippen molar-refractivity contribution in [2.24, 2.45) is 0 Å². The van der Waals surface area contributed by atoms with Gasteiger partial charge < -0.3 is 19.8 Å². The van der Waals surface area contributed by atoms with E-state index in [1.54, 1.807) is 6.08 Å². The van der Waals surface area contributed by atoms with Crippen molar-refractivity contribution in [3.8, 4) is 0 Å². The molecule has 0 heterocycles. The zero-order chi connectivity index (χ0) is 35.8. The molecule has 0 fully saturated rings. The molecule has 8 nitrogen and oxygen atoms in total. The molecule has 0 aromatic carbocycles. The van der Waals surface area contributed by atoms with E-state index < -0.39 is 20.0 Å². The lowest BCUT2D eigenvalue weighted by Crippen LogP contribution is -2.45. The van der Waals surface area contributed by atoms with Crippen LogP contribution >= 0.6 is 7.82 Å². The molecular weight excluding hydrogens is 623 g/mol. The summed E-state index contributed by atoms with van der Waals surface area (Å²) >= 11 is 0. The van der Waals surface area contributed by atoms with E-state index in [0.29, 0.717) is 17.4 Å². The van der Waals surface area contributed by atoms with Gasteiger partial charge in [0.25, 0.3) is 0 Å². The van der Waals surface area contributed by atoms with Crippen molar-refractivity contribution >= 4 is 13.7 Å². The summed E-state index contributed by atoms with van der Waals surface area (Å²) in [6.07, 6.45) is 35.3. The number of phosphoric ester groups is 1. The molecule has 1 amide bonds. The molecule has 284 valence electrons. The number of nitrogens with one attached hydrogen (secondary N) is 1. The van der Waals surface area contributed by atoms with Crippen LogP contribution in [0.15, 0.2) is 24.3 Å². The Bertz CT molecular complexity index is 845. The maximum absolute atomic E-state index is 12.8. The highest BCUT2D eigenvalue weighted by atomic mass is 31.2. The Morgan fingerprint density at radius 3 is 1.67 bits per heavy atom. The number of quaternary nitrogens is 1. The molecule has 0 aromatic rings. The minimum absolute atomic E-state index is 0.0577. The summed E-state index contributed by atoms with van der Waals surface area (Å²) in [7, 11) is 1.55. The number of aliphatic hydroxyl groups excluding tert-OH is 1. The molecule has 0 spiro atoms. The maximum atomic E-state index is 12.8. The van der Waals surface area contributed by atoms with Crippen molar-refractivity contribution in [1.82, 2.24) is 5.32 Å². The molecule has 3 atom stereocenters. The van der Waals surface area contributed by atoms with Crippen LogP contribution in [0.3, 0.4) is 0 Å². The first-order valence-electron chi connectivity index (χ1n) is 19.7. The Morgan fingerprint density at radius 2 is 1.15 bits per heavy atom. The number of rotatable bonds is 35. The number of hydrogen-bond acceptors (Lipinski definition) is 5. The van der Waals surface area contributed by atoms with Crippen LogP contribution in [-0.4, -0.2) is 73.4 Å². The number of carbonyl (C=O) groups is 1. The molecule has 9 heteroatoms. The van der Waals surface area contributed by atoms with Gasteiger partial charge in [0, 0.05) is 6.42 Å². The standard InChI is InChI=1S/C39H77N2O6P/c1-6-8-10-12-14-16-18-19-20-21-22-23-25-27-29-31-33-39(43)40-37(36-47-48(44,45)46-35-34-41(3,4)5)38(42)32-30-28-26-24-17-15-13-11-9-7-2/h17,24,30,32,37-38,42H,6-16,18-23,25-29,31,33-36H2,1-5H3,(H-,40,43,44,45)/p+1/b24-17+,32-30+. The molecule has 3 unspecified atom stereocenters. The van der Waals surface area contributed by atoms with Crippen molar-refractivity contribution < 1.29 is 32.9 Å². The fourth-order valence-corrected chi connectivity index (χ4v) is 6.20. The highest BCUT2D eigenvalue weighted by Crippen LogP contribution is 2.43. The lowest BCUT2D eigenvalue weighted by molar-refractivity contribution is -0.870. The van der Waals surface area contributed by atoms with Gasteiger partial charge >= 0.3 is 7.82 Å². The number of carbonyl (C=O) groups excluding carboxylic acids is 1. The molecule has 0 aromatic heterocycles. The lowest BCUT2D eigenvalue weighted by atomic mass is 10.0. The molecule has 0 bridgehead atoms. The van der Waals surface area contributed by atoms with E-state index in [-0.39, 0.29) is 19.1 Å². The highest BCUT2D eigenvalue weighted by molar-refractivity contribution is 7.47. The monoisotopic (exact) mass is 702 g/mol. The van der Waals surface area contributed by atoms with Gasteiger partial charge in [-0.25, -0.2) is 4.57 Å². The van der Waals surface area contributed by atoms with Crippen LogP contribution in [0.25, 0.3) is 0 Å². The number of nitrogens with zero attached hydrogens (tertiary/aromatic N) is 1. The molecule has 3 N–H and O–H groups in total. The van der Waals surface area contributed by atoms with Crippen LogP contribution in [0.2, 0.25) is 0 Å². The molecule has 48 heavy (non-hydrogen) atoms. The first kappa shape index (κ1) is 47.0. The molecule has 0 rings (SSSR count). The third-order valence-electron chi connectivity index (χ3n) is 8.67. The summed E-state index contributed by atoms with van der Waals surface area (Å²) in [6.45, 7) is 4.74. The van der Waals surface area contributed by atoms with Gasteiger partial charge in [-0.05, 0) is 32.1 Å². The second kappa shape index (κ2) is 31.9. The van der Waals surface area contributed by atoms with Gasteiger partial charge in [-0.2, -0.15) is 0 Å². The number of phosphoric acid groups is 1. The van der Waals surface area contributed by atoms with Crippen LogP contribution < -0.4 is 5.32 Å². The smallest absolute Gasteiger partial charge is 0.387 e. The van der Waals surface area contributed by atoms with E-state index in [9.17, 15) is 19.4 Å². The topological polar surface area (TPSA) is 105 Å². The van der Waals surface area contributed by atoms with Gasteiger partial charge in [0.1, 0.15) is 13.2 Å². The zero-order valence-electron chi connectivity index (χ0n) is 32.0. The van der Waals surface area contributed by atoms with E-state index in [1.807, 2.05) is 27.2 Å². The van der Waals surface area contributed by atoms with Crippen molar-refractivity contribution in [2.75, 3.05) is 40.9 Å². The van der Waals surface area contributed by atoms with Crippen molar-refractivity contribution in [3.63, 3.8) is 0 Å². The van der Waals surface area contributed by atoms with Crippen LogP contribution in [-0.2, 0) is 18.4 Å². The Labute approximate surface area is 296 Å². The Kier molecular flexibility index (Phi) is 31.2. The Morgan fingerprint density at radius 1 is 0.688 bits per heavy atom. The minimum Gasteiger partial charge on any atom is -0.387 e. The maximum Gasteiger partial charge on any atom is 0.472 e. The average Bonchev–Trinajstić information content (AvgIpc) is 3.02. The van der Waals surface area contributed by atoms with Crippen LogP contribution in [0, 0.1) is 0 Å². The molecule has 0 saturated heterocycles. The summed E-state index contributed by atoms with van der Waals surface area (Å²) in [5.74, 6) is -0.189. The van der Waals surface area contributed by atoms with Crippen LogP contribution in [0.4, 0.5) is 0 Å². The molecule has 0 aliphatic rings. The highest BCUT2D eigenvalue weighted by Gasteiger charge is 2.27. The summed E-state index contributed by atoms with van der Waals surface area (Å²) in [4.78, 5) is 23.0. The van der Waals surface area contributed by atoms with Gasteiger partial charge in [-0.15, -0.1) is 0 Å². The van der Waals surface area contributed by atoms with Gasteiger partial charge in [-0.1, -0.05) is 154 Å². The van der Waals surface area contributed by atoms with Crippen molar-refractivity contribution in [2.45, 2.75) is 180 Å². The first-order valence-corrected chi connectivity index (χ1v) is 21.2. The molecule has 0 aliphatic carbocycles. The summed E-state index contributed by atoms with van der Waals surface area (Å²) in [5.41, 5.74) is 0. The van der Waals surface area contributed by atoms with Crippen LogP contribution in [0.1, 0.15) is 168 Å². The van der Waals surface area contributed by atoms with Gasteiger partial charge in [0.15, 0.2) is 0 Å². The quantitative estimate of drug-likeness (QED) is 0.0263. The first-order chi connectivity index (χ1) is 23.0. The summed E-state index contributed by atoms with van der Waals surface area (Å²) < 4.78 is 23.4. The molecular formula is C39H78N2O6P+. The number of allylic oxidation sites excluding steroid dienone is 3. The number of amides is 1. The third kappa shape index (κ3) is 33.5. The van der Waals surface area contributed by atoms with E-state index in [4.69, 9.17) is 9.05 Å². The third-order valence-corrected chi connectivity index (χ3v) is 9.66. The fourth-order valence-electron chi connectivity index (χ4n) is 5.47. The predicted octanol–water partition coefficient (Wildman–Crippen LogP) is 10.2. The zero-order valence-corrected chi connectivity index (χ0v) is 32.9. The molecule has 0 saturated carbocycles.